The summed E-state index contributed by atoms with van der Waals surface area (Å²) >= 11 is 6.19. The van der Waals surface area contributed by atoms with Gasteiger partial charge in [0.05, 0.1) is 35.4 Å². The van der Waals surface area contributed by atoms with Gasteiger partial charge in [0.15, 0.2) is 11.5 Å². The summed E-state index contributed by atoms with van der Waals surface area (Å²) in [5.41, 5.74) is 3.06. The Bertz CT molecular complexity index is 1380. The quantitative estimate of drug-likeness (QED) is 0.480. The summed E-state index contributed by atoms with van der Waals surface area (Å²) in [5.74, 6) is 0.702. The fourth-order valence-electron chi connectivity index (χ4n) is 5.04. The smallest absolute Gasteiger partial charge is 0.256 e. The minimum atomic E-state index is -3.57. The number of anilines is 2. The topological polar surface area (TPSA) is 99.9 Å². The van der Waals surface area contributed by atoms with Crippen LogP contribution in [0.15, 0.2) is 30.5 Å². The van der Waals surface area contributed by atoms with E-state index in [4.69, 9.17) is 21.7 Å². The molecule has 11 heteroatoms. The Morgan fingerprint density at radius 3 is 2.49 bits per heavy atom. The first-order valence-electron chi connectivity index (χ1n) is 12.9. The zero-order chi connectivity index (χ0) is 26.7. The second-order valence-electron chi connectivity index (χ2n) is 9.39. The Morgan fingerprint density at radius 1 is 1.08 bits per heavy atom. The van der Waals surface area contributed by atoms with E-state index < -0.39 is 10.0 Å². The molecule has 1 atom stereocenters. The number of nitrogens with one attached hydrogen (secondary N) is 1. The molecule has 1 unspecified atom stereocenters. The number of piperidine rings is 1. The Balaban J connectivity index is 0.00000156. The van der Waals surface area contributed by atoms with Gasteiger partial charge in [-0.1, -0.05) is 25.4 Å². The van der Waals surface area contributed by atoms with Crippen molar-refractivity contribution in [2.75, 3.05) is 35.5 Å². The summed E-state index contributed by atoms with van der Waals surface area (Å²) in [5, 5.41) is 5.21. The number of aryl methyl sites for hydroxylation is 1. The number of sulfonamides is 1. The Morgan fingerprint density at radius 2 is 1.78 bits per heavy atom. The van der Waals surface area contributed by atoms with E-state index in [1.165, 1.54) is 25.0 Å². The second-order valence-corrected chi connectivity index (χ2v) is 11.6. The zero-order valence-electron chi connectivity index (χ0n) is 21.9. The van der Waals surface area contributed by atoms with Gasteiger partial charge in [0, 0.05) is 24.7 Å². The van der Waals surface area contributed by atoms with Crippen molar-refractivity contribution in [3.8, 4) is 0 Å². The molecular weight excluding hydrogens is 512 g/mol. The van der Waals surface area contributed by atoms with Crippen LogP contribution < -0.4 is 9.62 Å². The van der Waals surface area contributed by atoms with E-state index in [2.05, 4.69) is 16.5 Å². The number of imidazole rings is 1. The minimum Gasteiger partial charge on any atom is -0.355 e. The van der Waals surface area contributed by atoms with Gasteiger partial charge in [0.2, 0.25) is 10.0 Å². The SMILES string of the molecule is CC.Cc1cc2nc(C3CCCCN3C(=O)c3cc(Cl)ccc3NS(C)(=O)=O)cn2nc1N1CCCC1. The molecule has 37 heavy (non-hydrogen) atoms. The number of carbonyl (C=O) groups excluding carboxylic acids is 1. The predicted octanol–water partition coefficient (Wildman–Crippen LogP) is 5.06. The molecular formula is C26H35ClN6O3S. The number of hydrogen-bond acceptors (Lipinski definition) is 6. The first kappa shape index (κ1) is 27.2. The highest BCUT2D eigenvalue weighted by atomic mass is 35.5. The van der Waals surface area contributed by atoms with E-state index in [-0.39, 0.29) is 23.2 Å². The summed E-state index contributed by atoms with van der Waals surface area (Å²) in [6.07, 6.45) is 7.92. The summed E-state index contributed by atoms with van der Waals surface area (Å²) < 4.78 is 28.0. The van der Waals surface area contributed by atoms with Gasteiger partial charge < -0.3 is 9.80 Å². The van der Waals surface area contributed by atoms with E-state index in [0.29, 0.717) is 11.6 Å². The summed E-state index contributed by atoms with van der Waals surface area (Å²) in [6, 6.07) is 6.41. The van der Waals surface area contributed by atoms with Crippen LogP contribution in [0, 0.1) is 6.92 Å². The van der Waals surface area contributed by atoms with Crippen LogP contribution in [0.4, 0.5) is 11.5 Å². The highest BCUT2D eigenvalue weighted by molar-refractivity contribution is 7.92. The molecule has 1 amide bonds. The Labute approximate surface area is 223 Å². The maximum Gasteiger partial charge on any atom is 0.256 e. The minimum absolute atomic E-state index is 0.216. The monoisotopic (exact) mass is 546 g/mol. The van der Waals surface area contributed by atoms with Crippen LogP contribution in [0.25, 0.3) is 5.65 Å². The largest absolute Gasteiger partial charge is 0.355 e. The molecule has 2 aliphatic heterocycles. The molecule has 3 aromatic rings. The highest BCUT2D eigenvalue weighted by Crippen LogP contribution is 2.34. The van der Waals surface area contributed by atoms with Crippen molar-refractivity contribution in [3.63, 3.8) is 0 Å². The average molecular weight is 547 g/mol. The van der Waals surface area contributed by atoms with Crippen LogP contribution in [-0.2, 0) is 10.0 Å². The number of rotatable bonds is 5. The number of aromatic nitrogens is 3. The molecule has 2 saturated heterocycles. The van der Waals surface area contributed by atoms with Crippen molar-refractivity contribution in [3.05, 3.63) is 52.3 Å². The fourth-order valence-corrected chi connectivity index (χ4v) is 5.79. The van der Waals surface area contributed by atoms with Crippen molar-refractivity contribution in [2.24, 2.45) is 0 Å². The normalized spacial score (nSPS) is 18.0. The standard InChI is InChI=1S/C24H29ClN6O3S.C2H6/c1-16-13-22-26-20(15-31(22)27-23(16)29-10-5-6-11-29)21-7-3-4-12-30(21)24(32)18-14-17(25)8-9-19(18)28-35(2,33)34;1-2/h8-9,13-15,21,28H,3-7,10-12H2,1-2H3;1-2H3. The van der Waals surface area contributed by atoms with Crippen molar-refractivity contribution in [1.29, 1.82) is 0 Å². The number of hydrogen-bond donors (Lipinski definition) is 1. The third-order valence-corrected chi connectivity index (χ3v) is 7.48. The molecule has 200 valence electrons. The number of carbonyl (C=O) groups is 1. The summed E-state index contributed by atoms with van der Waals surface area (Å²) in [7, 11) is -3.57. The van der Waals surface area contributed by atoms with E-state index in [0.717, 1.165) is 61.3 Å². The Hall–Kier alpha value is -2.85. The van der Waals surface area contributed by atoms with Crippen molar-refractivity contribution < 1.29 is 13.2 Å². The highest BCUT2D eigenvalue weighted by Gasteiger charge is 2.32. The molecule has 0 spiro atoms. The van der Waals surface area contributed by atoms with Gasteiger partial charge >= 0.3 is 0 Å². The molecule has 0 saturated carbocycles. The van der Waals surface area contributed by atoms with Crippen LogP contribution >= 0.6 is 11.6 Å². The molecule has 0 bridgehead atoms. The number of amides is 1. The van der Waals surface area contributed by atoms with E-state index >= 15 is 0 Å². The molecule has 1 aromatic carbocycles. The summed E-state index contributed by atoms with van der Waals surface area (Å²) in [6.45, 7) is 8.62. The van der Waals surface area contributed by atoms with Crippen molar-refractivity contribution in [2.45, 2.75) is 58.9 Å². The maximum atomic E-state index is 13.7. The van der Waals surface area contributed by atoms with Crippen LogP contribution in [-0.4, -0.2) is 59.7 Å². The van der Waals surface area contributed by atoms with Gasteiger partial charge in [-0.2, -0.15) is 0 Å². The lowest BCUT2D eigenvalue weighted by molar-refractivity contribution is 0.0607. The van der Waals surface area contributed by atoms with Gasteiger partial charge in [0.25, 0.3) is 5.91 Å². The molecule has 0 radical (unpaired) electrons. The number of fused-ring (bicyclic) bond motifs is 1. The van der Waals surface area contributed by atoms with Gasteiger partial charge in [0.1, 0.15) is 0 Å². The lowest BCUT2D eigenvalue weighted by Gasteiger charge is -2.35. The number of benzene rings is 1. The summed E-state index contributed by atoms with van der Waals surface area (Å²) in [4.78, 5) is 22.6. The number of halogens is 1. The van der Waals surface area contributed by atoms with Crippen LogP contribution in [0.5, 0.6) is 0 Å². The third kappa shape index (κ3) is 6.01. The lowest BCUT2D eigenvalue weighted by Crippen LogP contribution is -2.39. The molecule has 5 rings (SSSR count). The van der Waals surface area contributed by atoms with Gasteiger partial charge in [-0.05, 0) is 68.9 Å². The lowest BCUT2D eigenvalue weighted by atomic mass is 9.98. The van der Waals surface area contributed by atoms with E-state index in [9.17, 15) is 13.2 Å². The van der Waals surface area contributed by atoms with E-state index in [1.807, 2.05) is 30.6 Å². The van der Waals surface area contributed by atoms with Crippen molar-refractivity contribution >= 4 is 44.7 Å². The first-order valence-corrected chi connectivity index (χ1v) is 15.2. The first-order chi connectivity index (χ1) is 17.7. The van der Waals surface area contributed by atoms with Gasteiger partial charge in [-0.25, -0.2) is 17.9 Å². The fraction of sp³-hybridized carbons (Fsp3) is 0.500. The second kappa shape index (κ2) is 11.3. The predicted molar refractivity (Wildman–Crippen MR) is 148 cm³/mol. The molecule has 2 aromatic heterocycles. The molecule has 0 aliphatic carbocycles. The Kier molecular flexibility index (Phi) is 8.28. The van der Waals surface area contributed by atoms with Crippen LogP contribution in [0.2, 0.25) is 5.02 Å². The molecule has 1 N–H and O–H groups in total. The average Bonchev–Trinajstić information content (AvgIpc) is 3.54. The van der Waals surface area contributed by atoms with Gasteiger partial charge in [-0.3, -0.25) is 9.52 Å². The third-order valence-electron chi connectivity index (χ3n) is 6.65. The molecule has 4 heterocycles. The van der Waals surface area contributed by atoms with Gasteiger partial charge in [-0.15, -0.1) is 5.10 Å². The van der Waals surface area contributed by atoms with Crippen molar-refractivity contribution in [1.82, 2.24) is 19.5 Å². The zero-order valence-corrected chi connectivity index (χ0v) is 23.4. The number of likely N-dealkylation sites (tertiary alicyclic amines) is 1. The van der Waals surface area contributed by atoms with Crippen LogP contribution in [0.1, 0.15) is 73.6 Å². The molecule has 2 aliphatic rings. The van der Waals surface area contributed by atoms with Crippen LogP contribution in [0.3, 0.4) is 0 Å². The van der Waals surface area contributed by atoms with E-state index in [1.54, 1.807) is 11.0 Å². The maximum absolute atomic E-state index is 13.7. The molecule has 9 nitrogen and oxygen atoms in total. The molecule has 2 fully saturated rings. The number of nitrogens with zero attached hydrogens (tertiary/aromatic N) is 5.